The molecular weight excluding hydrogens is 347 g/mol. The highest BCUT2D eigenvalue weighted by molar-refractivity contribution is 8.04. The third-order valence-corrected chi connectivity index (χ3v) is 8.70. The molecule has 0 saturated heterocycles. The van der Waals surface area contributed by atoms with E-state index in [1.807, 2.05) is 0 Å². The van der Waals surface area contributed by atoms with E-state index in [2.05, 4.69) is 26.5 Å². The normalized spacial score (nSPS) is 42.0. The summed E-state index contributed by atoms with van der Waals surface area (Å²) in [5, 5.41) is 0. The lowest BCUT2D eigenvalue weighted by atomic mass is 9.48. The van der Waals surface area contributed by atoms with E-state index in [1.165, 1.54) is 11.8 Å². The molecule has 0 aromatic rings. The number of thioether (sulfide) groups is 1. The van der Waals surface area contributed by atoms with Gasteiger partial charge < -0.3 is 0 Å². The van der Waals surface area contributed by atoms with Crippen molar-refractivity contribution in [2.75, 3.05) is 12.4 Å². The maximum absolute atomic E-state index is 12.8. The van der Waals surface area contributed by atoms with Crippen LogP contribution < -0.4 is 0 Å². The van der Waals surface area contributed by atoms with Crippen molar-refractivity contribution in [1.82, 2.24) is 0 Å². The van der Waals surface area contributed by atoms with Gasteiger partial charge in [0.2, 0.25) is 0 Å². The number of hydrogen-bond donors (Lipinski definition) is 0. The maximum atomic E-state index is 12.8. The van der Waals surface area contributed by atoms with Gasteiger partial charge in [-0.15, -0.1) is 11.8 Å². The van der Waals surface area contributed by atoms with E-state index >= 15 is 0 Å². The average molecular weight is 375 g/mol. The summed E-state index contributed by atoms with van der Waals surface area (Å²) in [6, 6.07) is 0. The SMILES string of the molecule is C=C1C[C@@H]2[C@H](CC[C@]3(C)C(=O)CC[C@@H]23)[C@@]2(C)C=CC(=O)C(SCCF)=C12. The van der Waals surface area contributed by atoms with Crippen molar-refractivity contribution >= 4 is 23.3 Å². The summed E-state index contributed by atoms with van der Waals surface area (Å²) in [5.74, 6) is 2.05. The highest BCUT2D eigenvalue weighted by Gasteiger charge is 2.59. The van der Waals surface area contributed by atoms with Crippen LogP contribution in [0, 0.1) is 28.6 Å². The van der Waals surface area contributed by atoms with Crippen molar-refractivity contribution in [2.24, 2.45) is 28.6 Å². The molecule has 4 aliphatic carbocycles. The number of hydrogen-bond acceptors (Lipinski definition) is 3. The van der Waals surface area contributed by atoms with Gasteiger partial charge in [0.1, 0.15) is 5.78 Å². The van der Waals surface area contributed by atoms with Crippen molar-refractivity contribution in [3.63, 3.8) is 0 Å². The summed E-state index contributed by atoms with van der Waals surface area (Å²) in [4.78, 5) is 25.7. The van der Waals surface area contributed by atoms with Gasteiger partial charge >= 0.3 is 0 Å². The Kier molecular flexibility index (Phi) is 4.33. The number of ketones is 2. The van der Waals surface area contributed by atoms with Crippen LogP contribution in [0.15, 0.2) is 34.8 Å². The van der Waals surface area contributed by atoms with Crippen LogP contribution in [0.25, 0.3) is 0 Å². The molecule has 4 aliphatic rings. The van der Waals surface area contributed by atoms with Crippen LogP contribution in [-0.2, 0) is 9.59 Å². The van der Waals surface area contributed by atoms with Crippen molar-refractivity contribution in [1.29, 1.82) is 0 Å². The fourth-order valence-electron chi connectivity index (χ4n) is 6.38. The summed E-state index contributed by atoms with van der Waals surface area (Å²) in [7, 11) is 0. The summed E-state index contributed by atoms with van der Waals surface area (Å²) < 4.78 is 12.8. The zero-order chi connectivity index (χ0) is 18.7. The molecular formula is C22H27FO2S. The number of Topliss-reactive ketones (excluding diaryl/α,β-unsaturated/α-hetero) is 1. The second-order valence-corrected chi connectivity index (χ2v) is 9.93. The molecule has 0 aliphatic heterocycles. The van der Waals surface area contributed by atoms with Gasteiger partial charge in [-0.3, -0.25) is 14.0 Å². The topological polar surface area (TPSA) is 34.1 Å². The van der Waals surface area contributed by atoms with Crippen molar-refractivity contribution in [3.8, 4) is 0 Å². The number of rotatable bonds is 3. The average Bonchev–Trinajstić information content (AvgIpc) is 2.90. The minimum absolute atomic E-state index is 0.00721. The van der Waals surface area contributed by atoms with E-state index in [4.69, 9.17) is 0 Å². The highest BCUT2D eigenvalue weighted by atomic mass is 32.2. The molecule has 0 N–H and O–H groups in total. The van der Waals surface area contributed by atoms with Gasteiger partial charge in [0.25, 0.3) is 0 Å². The third-order valence-electron chi connectivity index (χ3n) is 7.65. The lowest BCUT2D eigenvalue weighted by molar-refractivity contribution is -0.131. The summed E-state index contributed by atoms with van der Waals surface area (Å²) in [6.07, 6.45) is 8.29. The van der Waals surface area contributed by atoms with Crippen molar-refractivity contribution < 1.29 is 14.0 Å². The van der Waals surface area contributed by atoms with E-state index in [9.17, 15) is 14.0 Å². The first-order valence-electron chi connectivity index (χ1n) is 9.71. The Morgan fingerprint density at radius 3 is 2.77 bits per heavy atom. The predicted molar refractivity (Wildman–Crippen MR) is 104 cm³/mol. The van der Waals surface area contributed by atoms with Crippen LogP contribution in [0.5, 0.6) is 0 Å². The van der Waals surface area contributed by atoms with Crippen LogP contribution in [-0.4, -0.2) is 24.0 Å². The Balaban J connectivity index is 1.76. The summed E-state index contributed by atoms with van der Waals surface area (Å²) in [6.45, 7) is 8.31. The van der Waals surface area contributed by atoms with Gasteiger partial charge in [-0.05, 0) is 60.7 Å². The molecule has 26 heavy (non-hydrogen) atoms. The second kappa shape index (κ2) is 6.19. The molecule has 0 spiro atoms. The number of carbonyl (C=O) groups excluding carboxylic acids is 2. The largest absolute Gasteiger partial charge is 0.299 e. The van der Waals surface area contributed by atoms with E-state index in [1.54, 1.807) is 6.08 Å². The Hall–Kier alpha value is -1.16. The fraction of sp³-hybridized carbons (Fsp3) is 0.636. The number of halogens is 1. The molecule has 2 nitrogen and oxygen atoms in total. The molecule has 3 fully saturated rings. The summed E-state index contributed by atoms with van der Waals surface area (Å²) in [5.41, 5.74) is 1.69. The van der Waals surface area contributed by atoms with Gasteiger partial charge in [-0.2, -0.15) is 0 Å². The molecule has 0 aromatic heterocycles. The molecule has 5 atom stereocenters. The van der Waals surface area contributed by atoms with E-state index in [0.29, 0.717) is 40.6 Å². The van der Waals surface area contributed by atoms with Gasteiger partial charge in [0, 0.05) is 23.0 Å². The van der Waals surface area contributed by atoms with Crippen molar-refractivity contribution in [3.05, 3.63) is 34.8 Å². The van der Waals surface area contributed by atoms with Gasteiger partial charge in [0.05, 0.1) is 11.6 Å². The molecule has 0 heterocycles. The molecule has 3 saturated carbocycles. The first-order chi connectivity index (χ1) is 12.3. The molecule has 140 valence electrons. The minimum atomic E-state index is -0.434. The Morgan fingerprint density at radius 1 is 1.27 bits per heavy atom. The Morgan fingerprint density at radius 2 is 2.04 bits per heavy atom. The number of allylic oxidation sites excluding steroid dienone is 5. The molecule has 4 rings (SSSR count). The molecule has 0 aromatic carbocycles. The Labute approximate surface area is 159 Å². The zero-order valence-electron chi connectivity index (χ0n) is 15.6. The lowest BCUT2D eigenvalue weighted by Crippen LogP contribution is -2.50. The molecule has 0 radical (unpaired) electrons. The van der Waals surface area contributed by atoms with Gasteiger partial charge in [-0.25, -0.2) is 0 Å². The lowest BCUT2D eigenvalue weighted by Gasteiger charge is -2.56. The third kappa shape index (κ3) is 2.37. The highest BCUT2D eigenvalue weighted by Crippen LogP contribution is 2.65. The van der Waals surface area contributed by atoms with Crippen LogP contribution in [0.3, 0.4) is 0 Å². The zero-order valence-corrected chi connectivity index (χ0v) is 16.5. The minimum Gasteiger partial charge on any atom is -0.299 e. The van der Waals surface area contributed by atoms with E-state index in [-0.39, 0.29) is 16.6 Å². The monoisotopic (exact) mass is 374 g/mol. The van der Waals surface area contributed by atoms with Crippen LogP contribution >= 0.6 is 11.8 Å². The first-order valence-corrected chi connectivity index (χ1v) is 10.7. The van der Waals surface area contributed by atoms with Crippen LogP contribution in [0.2, 0.25) is 0 Å². The quantitative estimate of drug-likeness (QED) is 0.692. The maximum Gasteiger partial charge on any atom is 0.192 e. The van der Waals surface area contributed by atoms with E-state index in [0.717, 1.165) is 36.8 Å². The predicted octanol–water partition coefficient (Wildman–Crippen LogP) is 5.06. The fourth-order valence-corrected chi connectivity index (χ4v) is 7.38. The molecule has 0 amide bonds. The Bertz CT molecular complexity index is 751. The molecule has 0 unspecified atom stereocenters. The van der Waals surface area contributed by atoms with Crippen molar-refractivity contribution in [2.45, 2.75) is 46.0 Å². The van der Waals surface area contributed by atoms with Crippen LogP contribution in [0.1, 0.15) is 46.0 Å². The van der Waals surface area contributed by atoms with Gasteiger partial charge in [-0.1, -0.05) is 26.5 Å². The molecule has 0 bridgehead atoms. The van der Waals surface area contributed by atoms with E-state index < -0.39 is 6.67 Å². The first kappa shape index (κ1) is 18.2. The second-order valence-electron chi connectivity index (χ2n) is 8.82. The van der Waals surface area contributed by atoms with Gasteiger partial charge in [0.15, 0.2) is 5.78 Å². The smallest absolute Gasteiger partial charge is 0.192 e. The van der Waals surface area contributed by atoms with Crippen LogP contribution in [0.4, 0.5) is 4.39 Å². The molecule has 4 heteroatoms. The number of alkyl halides is 1. The standard InChI is InChI=1S/C22H27FO2S/c1-13-12-14-15-4-5-18(25)21(15,2)8-6-16(14)22(3)9-7-17(24)20(19(13)22)26-11-10-23/h7,9,14-16H,1,4-6,8,10-12H2,2-3H3/t14-,15-,16-,21-,22+/m0/s1. The number of carbonyl (C=O) groups is 2. The summed E-state index contributed by atoms with van der Waals surface area (Å²) >= 11 is 1.34. The number of fused-ring (bicyclic) bond motifs is 5.